The van der Waals surface area contributed by atoms with Gasteiger partial charge in [-0.3, -0.25) is 5.43 Å². The maximum Gasteiger partial charge on any atom is 0.250 e. The zero-order chi connectivity index (χ0) is 21.2. The van der Waals surface area contributed by atoms with E-state index in [-0.39, 0.29) is 5.82 Å². The van der Waals surface area contributed by atoms with Crippen LogP contribution in [0.25, 0.3) is 10.9 Å². The molecule has 0 unspecified atom stereocenters. The van der Waals surface area contributed by atoms with Gasteiger partial charge in [-0.05, 0) is 54.8 Å². The van der Waals surface area contributed by atoms with Gasteiger partial charge in [-0.2, -0.15) is 5.10 Å². The molecule has 1 aromatic heterocycles. The molecule has 0 aliphatic carbocycles. The van der Waals surface area contributed by atoms with E-state index >= 15 is 0 Å². The highest BCUT2D eigenvalue weighted by Gasteiger charge is 2.28. The number of ether oxygens (including phenoxy) is 2. The lowest BCUT2D eigenvalue weighted by Gasteiger charge is -2.14. The maximum atomic E-state index is 6.02. The predicted molar refractivity (Wildman–Crippen MR) is 119 cm³/mol. The summed E-state index contributed by atoms with van der Waals surface area (Å²) in [6.45, 7) is 3.94. The third-order valence-corrected chi connectivity index (χ3v) is 4.69. The lowest BCUT2D eigenvalue weighted by atomic mass is 10.1. The number of alkyl halides is 3. The first-order valence-electron chi connectivity index (χ1n) is 8.60. The quantitative estimate of drug-likeness (QED) is 0.312. The molecular formula is C20H19Cl3N4O2. The Labute approximate surface area is 183 Å². The van der Waals surface area contributed by atoms with Crippen molar-refractivity contribution in [1.82, 2.24) is 9.97 Å². The second-order valence-corrected chi connectivity index (χ2v) is 8.64. The number of anilines is 1. The van der Waals surface area contributed by atoms with Crippen molar-refractivity contribution in [1.29, 1.82) is 0 Å². The molecule has 29 heavy (non-hydrogen) atoms. The third-order valence-electron chi connectivity index (χ3n) is 4.18. The standard InChI is InChI=1S/C20H19Cl3N4O2/c1-11-7-12(2)17-14(8-11)18(26-19(25-17)20(21,22)23)27-24-10-13-5-6-15(28-3)16(9-13)29-4/h5-10H,1-4H3,(H,25,26,27)/b24-10+. The van der Waals surface area contributed by atoms with Gasteiger partial charge in [0.15, 0.2) is 23.1 Å². The van der Waals surface area contributed by atoms with Crippen molar-refractivity contribution in [3.05, 3.63) is 52.8 Å². The van der Waals surface area contributed by atoms with Gasteiger partial charge in [-0.15, -0.1) is 0 Å². The number of aromatic nitrogens is 2. The lowest BCUT2D eigenvalue weighted by Crippen LogP contribution is -2.10. The van der Waals surface area contributed by atoms with Gasteiger partial charge in [0, 0.05) is 5.39 Å². The highest BCUT2D eigenvalue weighted by Crippen LogP contribution is 2.38. The van der Waals surface area contributed by atoms with Crippen LogP contribution in [0.4, 0.5) is 5.82 Å². The molecule has 0 fully saturated rings. The molecule has 0 saturated carbocycles. The number of aryl methyl sites for hydroxylation is 2. The van der Waals surface area contributed by atoms with Gasteiger partial charge in [-0.1, -0.05) is 40.9 Å². The van der Waals surface area contributed by atoms with Crippen LogP contribution in [0.3, 0.4) is 0 Å². The first-order valence-corrected chi connectivity index (χ1v) is 9.73. The molecule has 0 radical (unpaired) electrons. The minimum absolute atomic E-state index is 0.0748. The minimum Gasteiger partial charge on any atom is -0.493 e. The largest absolute Gasteiger partial charge is 0.493 e. The van der Waals surface area contributed by atoms with Crippen LogP contribution < -0.4 is 14.9 Å². The Kier molecular flexibility index (Phi) is 6.36. The van der Waals surface area contributed by atoms with Crippen molar-refractivity contribution < 1.29 is 9.47 Å². The molecule has 1 heterocycles. The number of benzene rings is 2. The summed E-state index contributed by atoms with van der Waals surface area (Å²) in [4.78, 5) is 8.80. The van der Waals surface area contributed by atoms with E-state index in [2.05, 4.69) is 20.5 Å². The average molecular weight is 454 g/mol. The van der Waals surface area contributed by atoms with Gasteiger partial charge in [0.05, 0.1) is 26.0 Å². The normalized spacial score (nSPS) is 11.8. The van der Waals surface area contributed by atoms with Gasteiger partial charge in [0.2, 0.25) is 3.79 Å². The van der Waals surface area contributed by atoms with Crippen LogP contribution in [0.2, 0.25) is 0 Å². The van der Waals surface area contributed by atoms with Crippen LogP contribution in [0.15, 0.2) is 35.4 Å². The van der Waals surface area contributed by atoms with Gasteiger partial charge in [0.1, 0.15) is 0 Å². The highest BCUT2D eigenvalue weighted by atomic mass is 35.6. The van der Waals surface area contributed by atoms with E-state index < -0.39 is 3.79 Å². The van der Waals surface area contributed by atoms with Crippen molar-refractivity contribution in [2.45, 2.75) is 17.6 Å². The number of nitrogens with zero attached hydrogens (tertiary/aromatic N) is 3. The van der Waals surface area contributed by atoms with Crippen LogP contribution in [0.1, 0.15) is 22.5 Å². The molecule has 3 rings (SSSR count). The minimum atomic E-state index is -1.75. The fraction of sp³-hybridized carbons (Fsp3) is 0.250. The van der Waals surface area contributed by atoms with Crippen molar-refractivity contribution in [3.63, 3.8) is 0 Å². The van der Waals surface area contributed by atoms with Gasteiger partial charge >= 0.3 is 0 Å². The predicted octanol–water partition coefficient (Wildman–Crippen LogP) is 5.54. The van der Waals surface area contributed by atoms with Crippen LogP contribution in [0, 0.1) is 13.8 Å². The summed E-state index contributed by atoms with van der Waals surface area (Å²) in [5.41, 5.74) is 6.45. The van der Waals surface area contributed by atoms with E-state index in [9.17, 15) is 0 Å². The average Bonchev–Trinajstić information content (AvgIpc) is 2.67. The van der Waals surface area contributed by atoms with Crippen molar-refractivity contribution in [2.75, 3.05) is 19.6 Å². The number of rotatable bonds is 5. The summed E-state index contributed by atoms with van der Waals surface area (Å²) in [6, 6.07) is 9.43. The Morgan fingerprint density at radius 2 is 1.72 bits per heavy atom. The summed E-state index contributed by atoms with van der Waals surface area (Å²) in [7, 11) is 3.16. The number of methoxy groups -OCH3 is 2. The summed E-state index contributed by atoms with van der Waals surface area (Å²) < 4.78 is 8.79. The molecule has 1 N–H and O–H groups in total. The zero-order valence-electron chi connectivity index (χ0n) is 16.3. The Bertz CT molecular complexity index is 1080. The van der Waals surface area contributed by atoms with Crippen molar-refractivity contribution in [2.24, 2.45) is 5.10 Å². The van der Waals surface area contributed by atoms with Gasteiger partial charge in [0.25, 0.3) is 0 Å². The first-order chi connectivity index (χ1) is 13.7. The smallest absolute Gasteiger partial charge is 0.250 e. The molecule has 0 spiro atoms. The summed E-state index contributed by atoms with van der Waals surface area (Å²) in [5, 5.41) is 5.07. The van der Waals surface area contributed by atoms with Crippen LogP contribution in [-0.2, 0) is 3.79 Å². The van der Waals surface area contributed by atoms with E-state index in [0.717, 1.165) is 22.1 Å². The number of fused-ring (bicyclic) bond motifs is 1. The van der Waals surface area contributed by atoms with Gasteiger partial charge < -0.3 is 9.47 Å². The second kappa shape index (κ2) is 8.61. The van der Waals surface area contributed by atoms with Crippen LogP contribution in [0.5, 0.6) is 11.5 Å². The number of nitrogens with one attached hydrogen (secondary N) is 1. The fourth-order valence-electron chi connectivity index (χ4n) is 2.90. The summed E-state index contributed by atoms with van der Waals surface area (Å²) in [5.74, 6) is 1.76. The molecule has 0 atom stereocenters. The topological polar surface area (TPSA) is 68.6 Å². The molecule has 0 aliphatic rings. The third kappa shape index (κ3) is 4.83. The van der Waals surface area contributed by atoms with Crippen LogP contribution in [-0.4, -0.2) is 30.4 Å². The SMILES string of the molecule is COc1ccc(/C=N/Nc2nc(C(Cl)(Cl)Cl)nc3c(C)cc(C)cc23)cc1OC. The Morgan fingerprint density at radius 3 is 2.38 bits per heavy atom. The van der Waals surface area contributed by atoms with E-state index in [1.807, 2.05) is 38.1 Å². The molecule has 0 saturated heterocycles. The lowest BCUT2D eigenvalue weighted by molar-refractivity contribution is 0.355. The molecular weight excluding hydrogens is 435 g/mol. The van der Waals surface area contributed by atoms with Crippen LogP contribution >= 0.6 is 34.8 Å². The van der Waals surface area contributed by atoms with E-state index in [4.69, 9.17) is 44.3 Å². The molecule has 3 aromatic rings. The fourth-order valence-corrected chi connectivity index (χ4v) is 3.15. The van der Waals surface area contributed by atoms with E-state index in [1.54, 1.807) is 26.5 Å². The Morgan fingerprint density at radius 1 is 1.00 bits per heavy atom. The van der Waals surface area contributed by atoms with E-state index in [0.29, 0.717) is 22.8 Å². The second-order valence-electron chi connectivity index (χ2n) is 6.36. The summed E-state index contributed by atoms with van der Waals surface area (Å²) >= 11 is 18.1. The maximum absolute atomic E-state index is 6.02. The molecule has 2 aromatic carbocycles. The number of hydrogen-bond donors (Lipinski definition) is 1. The molecule has 0 bridgehead atoms. The molecule has 152 valence electrons. The molecule has 6 nitrogen and oxygen atoms in total. The molecule has 0 aliphatic heterocycles. The van der Waals surface area contributed by atoms with Crippen molar-refractivity contribution >= 4 is 57.7 Å². The van der Waals surface area contributed by atoms with Crippen molar-refractivity contribution in [3.8, 4) is 11.5 Å². The summed E-state index contributed by atoms with van der Waals surface area (Å²) in [6.07, 6.45) is 1.63. The monoisotopic (exact) mass is 452 g/mol. The zero-order valence-corrected chi connectivity index (χ0v) is 18.5. The Hall–Kier alpha value is -2.28. The van der Waals surface area contributed by atoms with E-state index in [1.165, 1.54) is 0 Å². The number of hydrazone groups is 1. The number of halogens is 3. The molecule has 0 amide bonds. The molecule has 9 heteroatoms. The Balaban J connectivity index is 2.00. The number of hydrogen-bond acceptors (Lipinski definition) is 6. The highest BCUT2D eigenvalue weighted by molar-refractivity contribution is 6.66. The van der Waals surface area contributed by atoms with Gasteiger partial charge in [-0.25, -0.2) is 9.97 Å². The first kappa shape index (κ1) is 21.4.